The first kappa shape index (κ1) is 17.3. The molecule has 0 radical (unpaired) electrons. The van der Waals surface area contributed by atoms with Crippen LogP contribution in [-0.4, -0.2) is 53.9 Å². The van der Waals surface area contributed by atoms with Gasteiger partial charge in [-0.05, 0) is 0 Å². The minimum absolute atomic E-state index is 2.53. The van der Waals surface area contributed by atoms with Crippen molar-refractivity contribution in [1.82, 2.24) is 0 Å². The molecule has 0 aliphatic rings. The zero-order valence-electron chi connectivity index (χ0n) is 8.45. The summed E-state index contributed by atoms with van der Waals surface area (Å²) in [5.74, 6) is -16.2. The topological polar surface area (TPSA) is 49.7 Å². The Labute approximate surface area is 95.0 Å². The van der Waals surface area contributed by atoms with Gasteiger partial charge in [0, 0.05) is 0 Å². The summed E-state index contributed by atoms with van der Waals surface area (Å²) in [5, 5.41) is 16.1. The molecule has 110 valence electrons. The van der Waals surface area contributed by atoms with E-state index in [0.29, 0.717) is 0 Å². The number of aliphatic hydroxyl groups is 2. The van der Waals surface area contributed by atoms with Crippen molar-refractivity contribution in [1.29, 1.82) is 0 Å². The van der Waals surface area contributed by atoms with Crippen LogP contribution in [0.5, 0.6) is 0 Å². The Kier molecular flexibility index (Phi) is 4.94. The summed E-state index contributed by atoms with van der Waals surface area (Å²) < 4.78 is 102. The molecule has 11 heteroatoms. The van der Waals surface area contributed by atoms with Crippen LogP contribution in [-0.2, 0) is 4.74 Å². The molecule has 0 amide bonds. The van der Waals surface area contributed by atoms with Crippen molar-refractivity contribution >= 4 is 0 Å². The van der Waals surface area contributed by atoms with E-state index in [1.54, 1.807) is 0 Å². The molecular formula is C7H8F8O3. The lowest BCUT2D eigenvalue weighted by Gasteiger charge is -2.36. The fourth-order valence-electron chi connectivity index (χ4n) is 0.863. The van der Waals surface area contributed by atoms with Crippen LogP contribution >= 0.6 is 0 Å². The zero-order valence-corrected chi connectivity index (χ0v) is 8.45. The van der Waals surface area contributed by atoms with Crippen molar-refractivity contribution < 1.29 is 50.1 Å². The first-order valence-corrected chi connectivity index (χ1v) is 4.20. The highest BCUT2D eigenvalue weighted by atomic mass is 19.4. The maximum Gasteiger partial charge on any atom is 0.411 e. The Morgan fingerprint density at radius 1 is 0.722 bits per heavy atom. The molecule has 0 aromatic rings. The first-order chi connectivity index (χ1) is 7.83. The average molecular weight is 292 g/mol. The van der Waals surface area contributed by atoms with Crippen LogP contribution in [0.15, 0.2) is 0 Å². The van der Waals surface area contributed by atoms with E-state index in [-0.39, 0.29) is 0 Å². The van der Waals surface area contributed by atoms with Crippen LogP contribution in [0.25, 0.3) is 0 Å². The van der Waals surface area contributed by atoms with Crippen molar-refractivity contribution in [2.75, 3.05) is 19.8 Å². The van der Waals surface area contributed by atoms with E-state index >= 15 is 0 Å². The molecular weight excluding hydrogens is 284 g/mol. The fourth-order valence-corrected chi connectivity index (χ4v) is 0.863. The van der Waals surface area contributed by atoms with E-state index in [1.165, 1.54) is 0 Å². The van der Waals surface area contributed by atoms with Gasteiger partial charge in [0.05, 0.1) is 0 Å². The number of aliphatic hydroxyl groups excluding tert-OH is 2. The van der Waals surface area contributed by atoms with E-state index in [2.05, 4.69) is 4.74 Å². The Morgan fingerprint density at radius 2 is 1.06 bits per heavy atom. The zero-order chi connectivity index (χ0) is 14.8. The van der Waals surface area contributed by atoms with Crippen LogP contribution in [0, 0.1) is 0 Å². The number of ether oxygens (including phenoxy) is 1. The maximum atomic E-state index is 13.3. The molecule has 0 saturated heterocycles. The molecule has 0 fully saturated rings. The van der Waals surface area contributed by atoms with Crippen molar-refractivity contribution in [3.63, 3.8) is 0 Å². The number of hydrogen-bond acceptors (Lipinski definition) is 3. The van der Waals surface area contributed by atoms with Gasteiger partial charge in [-0.3, -0.25) is 0 Å². The average Bonchev–Trinajstić information content (AvgIpc) is 2.24. The van der Waals surface area contributed by atoms with Gasteiger partial charge in [0.25, 0.3) is 0 Å². The lowest BCUT2D eigenvalue weighted by Crippen LogP contribution is -2.62. The second-order valence-electron chi connectivity index (χ2n) is 3.22. The van der Waals surface area contributed by atoms with Gasteiger partial charge in [0.2, 0.25) is 0 Å². The molecule has 0 aliphatic carbocycles. The van der Waals surface area contributed by atoms with Crippen molar-refractivity contribution in [3.8, 4) is 0 Å². The van der Waals surface area contributed by atoms with E-state index in [4.69, 9.17) is 10.2 Å². The minimum atomic E-state index is -5.49. The molecule has 0 atom stereocenters. The Morgan fingerprint density at radius 3 is 1.28 bits per heavy atom. The van der Waals surface area contributed by atoms with Gasteiger partial charge >= 0.3 is 23.9 Å². The molecule has 18 heavy (non-hydrogen) atoms. The summed E-state index contributed by atoms with van der Waals surface area (Å²) in [6.07, 6.45) is -5.35. The number of hydrogen-bond donors (Lipinski definition) is 2. The molecule has 0 aliphatic heterocycles. The van der Waals surface area contributed by atoms with Gasteiger partial charge < -0.3 is 14.9 Å². The number of rotatable bonds is 6. The Hall–Kier alpha value is -0.680. The monoisotopic (exact) mass is 292 g/mol. The molecule has 0 aromatic heterocycles. The van der Waals surface area contributed by atoms with Gasteiger partial charge in [-0.2, -0.15) is 35.1 Å². The van der Waals surface area contributed by atoms with E-state index in [0.717, 1.165) is 0 Å². The summed E-state index contributed by atoms with van der Waals surface area (Å²) >= 11 is 0. The molecule has 0 bridgehead atoms. The van der Waals surface area contributed by atoms with Crippen molar-refractivity contribution in [2.24, 2.45) is 0 Å². The van der Waals surface area contributed by atoms with Crippen LogP contribution < -0.4 is 0 Å². The highest BCUT2D eigenvalue weighted by Gasteiger charge is 2.71. The SMILES string of the molecule is OCC(F)(F)C(F)(OCC(F)(F)F)C(F)(F)CO. The van der Waals surface area contributed by atoms with Gasteiger partial charge in [-0.1, -0.05) is 0 Å². The Balaban J connectivity index is 5.31. The second-order valence-corrected chi connectivity index (χ2v) is 3.22. The summed E-state index contributed by atoms with van der Waals surface area (Å²) in [6, 6.07) is 0. The van der Waals surface area contributed by atoms with E-state index in [1.807, 2.05) is 0 Å². The molecule has 0 aromatic carbocycles. The normalized spacial score (nSPS) is 15.0. The maximum absolute atomic E-state index is 13.3. The lowest BCUT2D eigenvalue weighted by molar-refractivity contribution is -0.387. The molecule has 0 saturated carbocycles. The molecule has 0 heterocycles. The first-order valence-electron chi connectivity index (χ1n) is 4.20. The molecule has 3 nitrogen and oxygen atoms in total. The Bertz CT molecular complexity index is 260. The number of alkyl halides is 8. The standard InChI is InChI=1S/C7H8F8O3/c8-4(9,1-16)7(15,5(10,11)2-17)18-3-6(12,13)14/h16-17H,1-3H2. The van der Waals surface area contributed by atoms with Crippen LogP contribution in [0.2, 0.25) is 0 Å². The van der Waals surface area contributed by atoms with Gasteiger partial charge in [0.15, 0.2) is 0 Å². The van der Waals surface area contributed by atoms with Crippen molar-refractivity contribution in [3.05, 3.63) is 0 Å². The van der Waals surface area contributed by atoms with Crippen molar-refractivity contribution in [2.45, 2.75) is 23.9 Å². The third-order valence-electron chi connectivity index (χ3n) is 1.77. The second kappa shape index (κ2) is 5.13. The highest BCUT2D eigenvalue weighted by Crippen LogP contribution is 2.45. The van der Waals surface area contributed by atoms with Crippen LogP contribution in [0.3, 0.4) is 0 Å². The predicted molar refractivity (Wildman–Crippen MR) is 39.9 cm³/mol. The molecule has 2 N–H and O–H groups in total. The lowest BCUT2D eigenvalue weighted by atomic mass is 10.0. The third kappa shape index (κ3) is 3.42. The number of halogens is 8. The smallest absolute Gasteiger partial charge is 0.390 e. The van der Waals surface area contributed by atoms with Gasteiger partial charge in [0.1, 0.15) is 19.8 Å². The van der Waals surface area contributed by atoms with Gasteiger partial charge in [-0.25, -0.2) is 0 Å². The fraction of sp³-hybridized carbons (Fsp3) is 1.00. The molecule has 0 unspecified atom stereocenters. The van der Waals surface area contributed by atoms with E-state index < -0.39 is 43.7 Å². The third-order valence-corrected chi connectivity index (χ3v) is 1.77. The summed E-state index contributed by atoms with van der Waals surface area (Å²) in [7, 11) is 0. The largest absolute Gasteiger partial charge is 0.411 e. The summed E-state index contributed by atoms with van der Waals surface area (Å²) in [5.41, 5.74) is 0. The minimum Gasteiger partial charge on any atom is -0.390 e. The van der Waals surface area contributed by atoms with Crippen LogP contribution in [0.4, 0.5) is 35.1 Å². The quantitative estimate of drug-likeness (QED) is 0.729. The van der Waals surface area contributed by atoms with Crippen LogP contribution in [0.1, 0.15) is 0 Å². The predicted octanol–water partition coefficient (Wildman–Crippen LogP) is 1.49. The highest BCUT2D eigenvalue weighted by molar-refractivity contribution is 4.97. The molecule has 0 spiro atoms. The summed E-state index contributed by atoms with van der Waals surface area (Å²) in [4.78, 5) is 0. The van der Waals surface area contributed by atoms with E-state index in [9.17, 15) is 35.1 Å². The molecule has 0 rings (SSSR count). The van der Waals surface area contributed by atoms with Gasteiger partial charge in [-0.15, -0.1) is 0 Å². The summed E-state index contributed by atoms with van der Waals surface area (Å²) in [6.45, 7) is -7.80.